The first-order valence-electron chi connectivity index (χ1n) is 9.83. The third-order valence-electron chi connectivity index (χ3n) is 5.02. The topological polar surface area (TPSA) is 86.8 Å². The molecule has 0 aliphatic heterocycles. The second-order valence-corrected chi connectivity index (χ2v) is 9.63. The molecule has 0 spiro atoms. The monoisotopic (exact) mass is 465 g/mol. The molecule has 7 nitrogen and oxygen atoms in total. The van der Waals surface area contributed by atoms with Crippen molar-refractivity contribution in [3.63, 3.8) is 0 Å². The van der Waals surface area contributed by atoms with E-state index in [1.165, 1.54) is 18.0 Å². The number of carbonyl (C=O) groups is 2. The van der Waals surface area contributed by atoms with Crippen LogP contribution in [0.2, 0.25) is 5.02 Å². The highest BCUT2D eigenvalue weighted by molar-refractivity contribution is 7.92. The zero-order valence-electron chi connectivity index (χ0n) is 18.1. The fraction of sp³-hybridized carbons (Fsp3) is 0.364. The van der Waals surface area contributed by atoms with Gasteiger partial charge in [0.15, 0.2) is 0 Å². The highest BCUT2D eigenvalue weighted by atomic mass is 35.5. The van der Waals surface area contributed by atoms with Gasteiger partial charge in [0, 0.05) is 18.6 Å². The maximum Gasteiger partial charge on any atom is 0.244 e. The predicted octanol–water partition coefficient (Wildman–Crippen LogP) is 2.62. The molecule has 0 saturated carbocycles. The normalized spacial score (nSPS) is 12.2. The van der Waals surface area contributed by atoms with Crippen molar-refractivity contribution >= 4 is 39.1 Å². The number of likely N-dealkylation sites (N-methyl/N-ethyl adjacent to an activating group) is 1. The van der Waals surface area contributed by atoms with Gasteiger partial charge in [-0.25, -0.2) is 8.42 Å². The summed E-state index contributed by atoms with van der Waals surface area (Å²) in [7, 11) is -2.27. The Balaban J connectivity index is 2.31. The van der Waals surface area contributed by atoms with Gasteiger partial charge in [-0.1, -0.05) is 48.0 Å². The molecule has 0 bridgehead atoms. The number of benzene rings is 2. The minimum absolute atomic E-state index is 0.268. The summed E-state index contributed by atoms with van der Waals surface area (Å²) in [4.78, 5) is 26.9. The number of aryl methyl sites for hydroxylation is 1. The van der Waals surface area contributed by atoms with Gasteiger partial charge in [0.05, 0.1) is 11.9 Å². The number of hydrogen-bond acceptors (Lipinski definition) is 4. The largest absolute Gasteiger partial charge is 0.357 e. The van der Waals surface area contributed by atoms with Crippen LogP contribution in [-0.4, -0.2) is 57.6 Å². The molecule has 9 heteroatoms. The molecule has 0 aliphatic rings. The average Bonchev–Trinajstić information content (AvgIpc) is 2.73. The van der Waals surface area contributed by atoms with Crippen LogP contribution in [0.15, 0.2) is 48.5 Å². The molecule has 1 unspecified atom stereocenters. The second kappa shape index (κ2) is 10.6. The van der Waals surface area contributed by atoms with E-state index in [4.69, 9.17) is 11.6 Å². The maximum atomic E-state index is 13.2. The molecule has 2 aromatic carbocycles. The van der Waals surface area contributed by atoms with Crippen molar-refractivity contribution in [2.75, 3.05) is 30.7 Å². The molecule has 31 heavy (non-hydrogen) atoms. The molecule has 2 amide bonds. The van der Waals surface area contributed by atoms with E-state index in [1.54, 1.807) is 26.0 Å². The smallest absolute Gasteiger partial charge is 0.244 e. The zero-order chi connectivity index (χ0) is 23.2. The minimum Gasteiger partial charge on any atom is -0.357 e. The van der Waals surface area contributed by atoms with Crippen LogP contribution in [-0.2, 0) is 26.0 Å². The van der Waals surface area contributed by atoms with E-state index < -0.39 is 28.5 Å². The number of halogens is 1. The lowest BCUT2D eigenvalue weighted by Gasteiger charge is -2.31. The molecule has 2 rings (SSSR count). The number of nitrogens with one attached hydrogen (secondary N) is 1. The molecule has 168 valence electrons. The lowest BCUT2D eigenvalue weighted by molar-refractivity contribution is -0.138. The zero-order valence-corrected chi connectivity index (χ0v) is 19.7. The Hall–Kier alpha value is -2.58. The first kappa shape index (κ1) is 24.7. The predicted molar refractivity (Wildman–Crippen MR) is 124 cm³/mol. The van der Waals surface area contributed by atoms with Crippen molar-refractivity contribution < 1.29 is 18.0 Å². The van der Waals surface area contributed by atoms with Gasteiger partial charge >= 0.3 is 0 Å². The molecule has 0 fully saturated rings. The summed E-state index contributed by atoms with van der Waals surface area (Å²) in [6, 6.07) is 13.6. The molecule has 0 heterocycles. The molecule has 0 radical (unpaired) electrons. The molecule has 0 saturated heterocycles. The third kappa shape index (κ3) is 6.70. The van der Waals surface area contributed by atoms with Crippen LogP contribution in [0, 0.1) is 6.92 Å². The maximum absolute atomic E-state index is 13.2. The number of nitrogens with zero attached hydrogens (tertiary/aromatic N) is 2. The lowest BCUT2D eigenvalue weighted by atomic mass is 10.1. The van der Waals surface area contributed by atoms with Crippen LogP contribution in [0.5, 0.6) is 0 Å². The molecule has 1 N–H and O–H groups in total. The highest BCUT2D eigenvalue weighted by Gasteiger charge is 2.29. The van der Waals surface area contributed by atoms with Crippen molar-refractivity contribution in [3.8, 4) is 0 Å². The Bertz CT molecular complexity index is 1030. The van der Waals surface area contributed by atoms with Crippen molar-refractivity contribution in [3.05, 3.63) is 64.7 Å². The van der Waals surface area contributed by atoms with Crippen LogP contribution in [0.4, 0.5) is 5.69 Å². The van der Waals surface area contributed by atoms with Gasteiger partial charge in [0.1, 0.15) is 12.6 Å². The molecule has 0 aromatic heterocycles. The fourth-order valence-electron chi connectivity index (χ4n) is 3.13. The van der Waals surface area contributed by atoms with Gasteiger partial charge in [-0.3, -0.25) is 13.9 Å². The van der Waals surface area contributed by atoms with Gasteiger partial charge in [-0.05, 0) is 43.5 Å². The fourth-order valence-corrected chi connectivity index (χ4v) is 4.15. The van der Waals surface area contributed by atoms with Crippen molar-refractivity contribution in [1.82, 2.24) is 10.2 Å². The van der Waals surface area contributed by atoms with Gasteiger partial charge in [0.2, 0.25) is 21.8 Å². The summed E-state index contributed by atoms with van der Waals surface area (Å²) < 4.78 is 25.9. The highest BCUT2D eigenvalue weighted by Crippen LogP contribution is 2.25. The summed E-state index contributed by atoms with van der Waals surface area (Å²) >= 11 is 6.17. The van der Waals surface area contributed by atoms with Gasteiger partial charge in [-0.15, -0.1) is 0 Å². The summed E-state index contributed by atoms with van der Waals surface area (Å²) in [5, 5.41) is 2.95. The van der Waals surface area contributed by atoms with Crippen molar-refractivity contribution in [1.29, 1.82) is 0 Å². The van der Waals surface area contributed by atoms with Gasteiger partial charge < -0.3 is 10.2 Å². The van der Waals surface area contributed by atoms with E-state index in [0.29, 0.717) is 17.1 Å². The molecule has 2 aromatic rings. The summed E-state index contributed by atoms with van der Waals surface area (Å²) in [5.74, 6) is -0.806. The number of rotatable bonds is 9. The van der Waals surface area contributed by atoms with Crippen LogP contribution < -0.4 is 9.62 Å². The van der Waals surface area contributed by atoms with Crippen LogP contribution in [0.1, 0.15) is 18.1 Å². The van der Waals surface area contributed by atoms with E-state index in [0.717, 1.165) is 21.7 Å². The Labute approximate surface area is 189 Å². The van der Waals surface area contributed by atoms with E-state index in [2.05, 4.69) is 5.32 Å². The standard InChI is InChI=1S/C22H28ClN3O4S/c1-16-10-11-19(14-20(16)23)26(31(4,29)30)15-21(27)25(17(2)22(28)24-3)13-12-18-8-6-5-7-9-18/h5-11,14,17H,12-13,15H2,1-4H3,(H,24,28). The summed E-state index contributed by atoms with van der Waals surface area (Å²) in [5.41, 5.74) is 2.10. The van der Waals surface area contributed by atoms with Crippen molar-refractivity contribution in [2.45, 2.75) is 26.3 Å². The number of anilines is 1. The van der Waals surface area contributed by atoms with E-state index in [9.17, 15) is 18.0 Å². The third-order valence-corrected chi connectivity index (χ3v) is 6.57. The average molecular weight is 466 g/mol. The Kier molecular flexibility index (Phi) is 8.47. The lowest BCUT2D eigenvalue weighted by Crippen LogP contribution is -2.51. The van der Waals surface area contributed by atoms with Crippen LogP contribution in [0.25, 0.3) is 0 Å². The minimum atomic E-state index is -3.77. The second-order valence-electron chi connectivity index (χ2n) is 7.32. The summed E-state index contributed by atoms with van der Waals surface area (Å²) in [6.07, 6.45) is 1.56. The van der Waals surface area contributed by atoms with Crippen LogP contribution >= 0.6 is 11.6 Å². The van der Waals surface area contributed by atoms with Crippen molar-refractivity contribution in [2.24, 2.45) is 0 Å². The molecule has 1 atom stereocenters. The molecular formula is C22H28ClN3O4S. The Morgan fingerprint density at radius 1 is 1.13 bits per heavy atom. The Morgan fingerprint density at radius 2 is 1.77 bits per heavy atom. The van der Waals surface area contributed by atoms with Crippen LogP contribution in [0.3, 0.4) is 0 Å². The number of hydrogen-bond donors (Lipinski definition) is 1. The first-order valence-corrected chi connectivity index (χ1v) is 12.1. The number of sulfonamides is 1. The van der Waals surface area contributed by atoms with E-state index >= 15 is 0 Å². The number of amides is 2. The van der Waals surface area contributed by atoms with E-state index in [-0.39, 0.29) is 12.5 Å². The van der Waals surface area contributed by atoms with Gasteiger partial charge in [0.25, 0.3) is 0 Å². The SMILES string of the molecule is CNC(=O)C(C)N(CCc1ccccc1)C(=O)CN(c1ccc(C)c(Cl)c1)S(C)(=O)=O. The number of carbonyl (C=O) groups excluding carboxylic acids is 2. The van der Waals surface area contributed by atoms with E-state index in [1.807, 2.05) is 30.3 Å². The summed E-state index contributed by atoms with van der Waals surface area (Å²) in [6.45, 7) is 3.26. The molecular weight excluding hydrogens is 438 g/mol. The Morgan fingerprint density at radius 3 is 2.32 bits per heavy atom. The first-order chi connectivity index (χ1) is 14.5. The quantitative estimate of drug-likeness (QED) is 0.616. The van der Waals surface area contributed by atoms with Gasteiger partial charge in [-0.2, -0.15) is 0 Å². The molecule has 0 aliphatic carbocycles.